The third-order valence-corrected chi connectivity index (χ3v) is 7.06. The Kier molecular flexibility index (Phi) is 6.32. The summed E-state index contributed by atoms with van der Waals surface area (Å²) in [6.07, 6.45) is 3.81. The molecule has 10 nitrogen and oxygen atoms in total. The predicted molar refractivity (Wildman–Crippen MR) is 130 cm³/mol. The molecule has 1 atom stereocenters. The van der Waals surface area contributed by atoms with Crippen LogP contribution in [0, 0.1) is 0 Å². The molecule has 0 radical (unpaired) electrons. The van der Waals surface area contributed by atoms with E-state index in [0.29, 0.717) is 12.4 Å². The lowest BCUT2D eigenvalue weighted by molar-refractivity contribution is 0.0931. The zero-order chi connectivity index (χ0) is 24.4. The van der Waals surface area contributed by atoms with E-state index >= 15 is 0 Å². The van der Waals surface area contributed by atoms with Crippen LogP contribution >= 0.6 is 11.3 Å². The predicted octanol–water partition coefficient (Wildman–Crippen LogP) is 2.64. The van der Waals surface area contributed by atoms with Gasteiger partial charge in [0.25, 0.3) is 11.8 Å². The fourth-order valence-corrected chi connectivity index (χ4v) is 4.96. The van der Waals surface area contributed by atoms with E-state index in [9.17, 15) is 9.59 Å². The summed E-state index contributed by atoms with van der Waals surface area (Å²) < 4.78 is 0. The molecule has 2 amide bonds. The smallest absolute Gasteiger partial charge is 0.270 e. The summed E-state index contributed by atoms with van der Waals surface area (Å²) in [6, 6.07) is 9.34. The van der Waals surface area contributed by atoms with Crippen LogP contribution in [0.15, 0.2) is 42.0 Å². The minimum atomic E-state index is -0.345. The normalized spacial score (nSPS) is 14.5. The average molecular weight is 489 g/mol. The number of tetrazole rings is 1. The van der Waals surface area contributed by atoms with Crippen molar-refractivity contribution in [1.82, 2.24) is 40.8 Å². The second kappa shape index (κ2) is 9.71. The average Bonchev–Trinajstić information content (AvgIpc) is 3.62. The maximum atomic E-state index is 12.9. The highest BCUT2D eigenvalue weighted by Crippen LogP contribution is 2.33. The van der Waals surface area contributed by atoms with Gasteiger partial charge in [-0.1, -0.05) is 19.1 Å². The molecule has 0 fully saturated rings. The third-order valence-electron chi connectivity index (χ3n) is 5.93. The molecule has 1 aliphatic rings. The zero-order valence-electron chi connectivity index (χ0n) is 19.4. The van der Waals surface area contributed by atoms with Crippen molar-refractivity contribution < 1.29 is 9.59 Å². The van der Waals surface area contributed by atoms with E-state index in [1.54, 1.807) is 18.4 Å². The lowest BCUT2D eigenvalue weighted by Gasteiger charge is -2.14. The van der Waals surface area contributed by atoms with Gasteiger partial charge in [-0.25, -0.2) is 9.97 Å². The van der Waals surface area contributed by atoms with Gasteiger partial charge in [0, 0.05) is 23.1 Å². The zero-order valence-corrected chi connectivity index (χ0v) is 20.2. The number of fused-ring (bicyclic) bond motifs is 1. The SMILES string of the molecule is CCc1cc(CNC(=O)c2cc(C(=O)N[C@H]3CCc4cc(-c5nnn(C)n5)ccc43)ncn2)cs1. The lowest BCUT2D eigenvalue weighted by atomic mass is 10.0. The first kappa shape index (κ1) is 22.8. The lowest BCUT2D eigenvalue weighted by Crippen LogP contribution is -2.29. The summed E-state index contributed by atoms with van der Waals surface area (Å²) >= 11 is 1.67. The largest absolute Gasteiger partial charge is 0.347 e. The maximum absolute atomic E-state index is 12.9. The Balaban J connectivity index is 1.24. The highest BCUT2D eigenvalue weighted by atomic mass is 32.1. The molecule has 0 saturated heterocycles. The summed E-state index contributed by atoms with van der Waals surface area (Å²) in [5, 5.41) is 20.1. The van der Waals surface area contributed by atoms with Crippen molar-refractivity contribution in [3.63, 3.8) is 0 Å². The van der Waals surface area contributed by atoms with Gasteiger partial charge in [0.2, 0.25) is 5.82 Å². The first-order valence-electron chi connectivity index (χ1n) is 11.3. The Bertz CT molecular complexity index is 1400. The molecule has 0 bridgehead atoms. The van der Waals surface area contributed by atoms with Crippen molar-refractivity contribution in [3.05, 3.63) is 75.0 Å². The molecule has 1 aromatic carbocycles. The molecule has 178 valence electrons. The van der Waals surface area contributed by atoms with Crippen molar-refractivity contribution in [1.29, 1.82) is 0 Å². The van der Waals surface area contributed by atoms with E-state index in [0.717, 1.165) is 41.5 Å². The van der Waals surface area contributed by atoms with Crippen LogP contribution in [0.1, 0.15) is 61.9 Å². The van der Waals surface area contributed by atoms with Crippen molar-refractivity contribution in [3.8, 4) is 11.4 Å². The minimum Gasteiger partial charge on any atom is -0.347 e. The van der Waals surface area contributed by atoms with Gasteiger partial charge in [-0.2, -0.15) is 4.80 Å². The molecule has 0 spiro atoms. The summed E-state index contributed by atoms with van der Waals surface area (Å²) in [5.74, 6) is -0.120. The molecule has 2 N–H and O–H groups in total. The number of hydrogen-bond acceptors (Lipinski definition) is 8. The van der Waals surface area contributed by atoms with Crippen LogP contribution in [-0.2, 0) is 26.4 Å². The number of aryl methyl sites for hydroxylation is 3. The number of rotatable bonds is 7. The molecule has 1 aliphatic carbocycles. The minimum absolute atomic E-state index is 0.139. The highest BCUT2D eigenvalue weighted by Gasteiger charge is 2.26. The first-order chi connectivity index (χ1) is 17.0. The van der Waals surface area contributed by atoms with Gasteiger partial charge in [-0.3, -0.25) is 9.59 Å². The van der Waals surface area contributed by atoms with Gasteiger partial charge in [0.15, 0.2) is 0 Å². The van der Waals surface area contributed by atoms with Crippen LogP contribution in [-0.4, -0.2) is 42.0 Å². The van der Waals surface area contributed by atoms with Crippen LogP contribution in [0.5, 0.6) is 0 Å². The molecule has 4 aromatic rings. The summed E-state index contributed by atoms with van der Waals surface area (Å²) in [5.41, 5.74) is 4.45. The Labute approximate surface area is 205 Å². The van der Waals surface area contributed by atoms with Gasteiger partial charge in [0.1, 0.15) is 17.7 Å². The molecule has 0 aliphatic heterocycles. The number of thiophene rings is 1. The van der Waals surface area contributed by atoms with Gasteiger partial charge >= 0.3 is 0 Å². The fraction of sp³-hybridized carbons (Fsp3) is 0.292. The molecular formula is C24H24N8O2S. The quantitative estimate of drug-likeness (QED) is 0.409. The molecule has 5 rings (SSSR count). The summed E-state index contributed by atoms with van der Waals surface area (Å²) in [4.78, 5) is 36.3. The van der Waals surface area contributed by atoms with Crippen molar-refractivity contribution in [2.24, 2.45) is 7.05 Å². The van der Waals surface area contributed by atoms with Crippen LogP contribution in [0.2, 0.25) is 0 Å². The number of carbonyl (C=O) groups excluding carboxylic acids is 2. The van der Waals surface area contributed by atoms with E-state index in [4.69, 9.17) is 0 Å². The molecule has 11 heteroatoms. The Morgan fingerprint density at radius 2 is 1.97 bits per heavy atom. The molecular weight excluding hydrogens is 464 g/mol. The van der Waals surface area contributed by atoms with E-state index < -0.39 is 0 Å². The van der Waals surface area contributed by atoms with Gasteiger partial charge in [-0.05, 0) is 58.7 Å². The maximum Gasteiger partial charge on any atom is 0.270 e. The number of carbonyl (C=O) groups is 2. The number of aromatic nitrogens is 6. The van der Waals surface area contributed by atoms with Crippen molar-refractivity contribution in [2.75, 3.05) is 0 Å². The second-order valence-electron chi connectivity index (χ2n) is 8.33. The second-order valence-corrected chi connectivity index (χ2v) is 9.32. The van der Waals surface area contributed by atoms with Gasteiger partial charge < -0.3 is 10.6 Å². The van der Waals surface area contributed by atoms with E-state index in [1.807, 2.05) is 23.6 Å². The monoisotopic (exact) mass is 488 g/mol. The number of hydrogen-bond donors (Lipinski definition) is 2. The number of nitrogens with one attached hydrogen (secondary N) is 2. The Morgan fingerprint density at radius 3 is 2.71 bits per heavy atom. The Hall–Kier alpha value is -3.99. The van der Waals surface area contributed by atoms with Gasteiger partial charge in [-0.15, -0.1) is 21.5 Å². The molecule has 3 aromatic heterocycles. The summed E-state index contributed by atoms with van der Waals surface area (Å²) in [7, 11) is 1.73. The van der Waals surface area contributed by atoms with E-state index in [1.165, 1.54) is 22.1 Å². The molecule has 0 unspecified atom stereocenters. The van der Waals surface area contributed by atoms with E-state index in [-0.39, 0.29) is 29.2 Å². The van der Waals surface area contributed by atoms with Crippen LogP contribution in [0.25, 0.3) is 11.4 Å². The number of nitrogens with zero attached hydrogens (tertiary/aromatic N) is 6. The first-order valence-corrected chi connectivity index (χ1v) is 12.2. The number of amides is 2. The van der Waals surface area contributed by atoms with Crippen LogP contribution < -0.4 is 10.6 Å². The third kappa shape index (κ3) is 4.94. The fourth-order valence-electron chi connectivity index (χ4n) is 4.12. The molecule has 3 heterocycles. The molecule has 0 saturated carbocycles. The Morgan fingerprint density at radius 1 is 1.14 bits per heavy atom. The van der Waals surface area contributed by atoms with Gasteiger partial charge in [0.05, 0.1) is 13.1 Å². The number of benzene rings is 1. The highest BCUT2D eigenvalue weighted by molar-refractivity contribution is 7.10. The molecule has 35 heavy (non-hydrogen) atoms. The van der Waals surface area contributed by atoms with E-state index in [2.05, 4.69) is 49.0 Å². The van der Waals surface area contributed by atoms with Crippen LogP contribution in [0.3, 0.4) is 0 Å². The standard InChI is InChI=1S/C24H24N8O2S/c1-3-17-8-14(12-35-17)11-25-23(33)20-10-21(27-13-26-20)24(34)28-19-7-5-15-9-16(4-6-18(15)19)22-29-31-32(2)30-22/h4,6,8-10,12-13,19H,3,5,7,11H2,1-2H3,(H,25,33)(H,28,34)/t19-/m0/s1. The van der Waals surface area contributed by atoms with Crippen LogP contribution in [0.4, 0.5) is 0 Å². The van der Waals surface area contributed by atoms with Crippen molar-refractivity contribution in [2.45, 2.75) is 38.8 Å². The van der Waals surface area contributed by atoms with Crippen molar-refractivity contribution >= 4 is 23.2 Å². The summed E-state index contributed by atoms with van der Waals surface area (Å²) in [6.45, 7) is 2.51. The topological polar surface area (TPSA) is 128 Å².